The zero-order valence-electron chi connectivity index (χ0n) is 15.5. The quantitative estimate of drug-likeness (QED) is 0.436. The van der Waals surface area contributed by atoms with Crippen molar-refractivity contribution in [3.05, 3.63) is 54.1 Å². The molecule has 0 fully saturated rings. The van der Waals surface area contributed by atoms with Crippen molar-refractivity contribution in [3.8, 4) is 11.4 Å². The number of rotatable bonds is 6. The van der Waals surface area contributed by atoms with Gasteiger partial charge in [0.2, 0.25) is 17.0 Å². The molecule has 0 bridgehead atoms. The SMILES string of the molecule is CC(=O)Nc1ccc(NC(=O)CSc2nnc(-c3ccccc3C)n2N)cc1. The van der Waals surface area contributed by atoms with Gasteiger partial charge in [0, 0.05) is 23.9 Å². The van der Waals surface area contributed by atoms with E-state index in [1.807, 2.05) is 31.2 Å². The van der Waals surface area contributed by atoms with Crippen molar-refractivity contribution in [3.63, 3.8) is 0 Å². The number of nitrogens with zero attached hydrogens (tertiary/aromatic N) is 3. The Balaban J connectivity index is 1.59. The topological polar surface area (TPSA) is 115 Å². The van der Waals surface area contributed by atoms with Crippen LogP contribution < -0.4 is 16.5 Å². The van der Waals surface area contributed by atoms with Crippen molar-refractivity contribution in [1.29, 1.82) is 0 Å². The average molecular weight is 396 g/mol. The number of benzene rings is 2. The molecule has 28 heavy (non-hydrogen) atoms. The average Bonchev–Trinajstić information content (AvgIpc) is 3.02. The summed E-state index contributed by atoms with van der Waals surface area (Å²) in [6.45, 7) is 3.41. The largest absolute Gasteiger partial charge is 0.335 e. The van der Waals surface area contributed by atoms with E-state index < -0.39 is 0 Å². The maximum Gasteiger partial charge on any atom is 0.234 e. The molecular weight excluding hydrogens is 376 g/mol. The summed E-state index contributed by atoms with van der Waals surface area (Å²) in [5.41, 5.74) is 3.24. The maximum absolute atomic E-state index is 12.2. The molecule has 8 nitrogen and oxygen atoms in total. The minimum atomic E-state index is -0.197. The van der Waals surface area contributed by atoms with E-state index in [2.05, 4.69) is 20.8 Å². The van der Waals surface area contributed by atoms with Crippen LogP contribution in [0.4, 0.5) is 11.4 Å². The van der Waals surface area contributed by atoms with Gasteiger partial charge in [-0.1, -0.05) is 36.0 Å². The highest BCUT2D eigenvalue weighted by Gasteiger charge is 2.15. The number of nitrogen functional groups attached to an aromatic ring is 1. The molecule has 0 unspecified atom stereocenters. The normalized spacial score (nSPS) is 10.5. The Bertz CT molecular complexity index is 1000. The van der Waals surface area contributed by atoms with Crippen molar-refractivity contribution in [2.24, 2.45) is 0 Å². The van der Waals surface area contributed by atoms with Crippen LogP contribution in [0.3, 0.4) is 0 Å². The fourth-order valence-corrected chi connectivity index (χ4v) is 3.21. The third-order valence-corrected chi connectivity index (χ3v) is 4.81. The maximum atomic E-state index is 12.2. The summed E-state index contributed by atoms with van der Waals surface area (Å²) in [6, 6.07) is 14.6. The molecule has 0 spiro atoms. The molecule has 3 aromatic rings. The van der Waals surface area contributed by atoms with Crippen molar-refractivity contribution in [2.45, 2.75) is 19.0 Å². The van der Waals surface area contributed by atoms with Crippen LogP contribution in [0.15, 0.2) is 53.7 Å². The molecule has 3 rings (SSSR count). The summed E-state index contributed by atoms with van der Waals surface area (Å²) in [5.74, 6) is 6.44. The summed E-state index contributed by atoms with van der Waals surface area (Å²) in [7, 11) is 0. The predicted octanol–water partition coefficient (Wildman–Crippen LogP) is 2.66. The van der Waals surface area contributed by atoms with E-state index >= 15 is 0 Å². The number of carbonyl (C=O) groups is 2. The zero-order chi connectivity index (χ0) is 20.1. The molecule has 1 aromatic heterocycles. The molecule has 0 atom stereocenters. The fourth-order valence-electron chi connectivity index (χ4n) is 2.55. The fraction of sp³-hybridized carbons (Fsp3) is 0.158. The minimum Gasteiger partial charge on any atom is -0.335 e. The van der Waals surface area contributed by atoms with Gasteiger partial charge in [-0.15, -0.1) is 10.2 Å². The second kappa shape index (κ2) is 8.57. The van der Waals surface area contributed by atoms with Crippen molar-refractivity contribution < 1.29 is 9.59 Å². The second-order valence-electron chi connectivity index (χ2n) is 6.09. The zero-order valence-corrected chi connectivity index (χ0v) is 16.3. The van der Waals surface area contributed by atoms with E-state index in [9.17, 15) is 9.59 Å². The first-order chi connectivity index (χ1) is 13.4. The molecule has 0 radical (unpaired) electrons. The van der Waals surface area contributed by atoms with Crippen molar-refractivity contribution in [2.75, 3.05) is 22.2 Å². The second-order valence-corrected chi connectivity index (χ2v) is 7.03. The van der Waals surface area contributed by atoms with E-state index in [1.54, 1.807) is 24.3 Å². The Hall–Kier alpha value is -3.33. The van der Waals surface area contributed by atoms with E-state index in [0.29, 0.717) is 22.4 Å². The standard InChI is InChI=1S/C19H20N6O2S/c1-12-5-3-4-6-16(12)18-23-24-19(25(18)20)28-11-17(27)22-15-9-7-14(8-10-15)21-13(2)26/h3-10H,11,20H2,1-2H3,(H,21,26)(H,22,27). The number of aryl methyl sites for hydroxylation is 1. The number of thioether (sulfide) groups is 1. The number of carbonyl (C=O) groups excluding carboxylic acids is 2. The van der Waals surface area contributed by atoms with E-state index in [4.69, 9.17) is 5.84 Å². The summed E-state index contributed by atoms with van der Waals surface area (Å²) in [5, 5.41) is 14.1. The number of anilines is 2. The lowest BCUT2D eigenvalue weighted by molar-refractivity contribution is -0.114. The summed E-state index contributed by atoms with van der Waals surface area (Å²) >= 11 is 1.20. The lowest BCUT2D eigenvalue weighted by Gasteiger charge is -2.07. The molecule has 9 heteroatoms. The molecule has 4 N–H and O–H groups in total. The minimum absolute atomic E-state index is 0.135. The highest BCUT2D eigenvalue weighted by Crippen LogP contribution is 2.24. The van der Waals surface area contributed by atoms with Crippen LogP contribution >= 0.6 is 11.8 Å². The van der Waals surface area contributed by atoms with Gasteiger partial charge < -0.3 is 16.5 Å². The first-order valence-corrected chi connectivity index (χ1v) is 9.49. The number of hydrogen-bond acceptors (Lipinski definition) is 6. The summed E-state index contributed by atoms with van der Waals surface area (Å²) in [4.78, 5) is 23.2. The molecule has 144 valence electrons. The molecule has 2 amide bonds. The first-order valence-electron chi connectivity index (χ1n) is 8.51. The van der Waals surface area contributed by atoms with Crippen LogP contribution in [0.1, 0.15) is 12.5 Å². The third kappa shape index (κ3) is 4.68. The predicted molar refractivity (Wildman–Crippen MR) is 110 cm³/mol. The van der Waals surface area contributed by atoms with Crippen LogP contribution in [0.2, 0.25) is 0 Å². The number of amides is 2. The number of aromatic nitrogens is 3. The van der Waals surface area contributed by atoms with Gasteiger partial charge in [0.25, 0.3) is 0 Å². The van der Waals surface area contributed by atoms with E-state index in [1.165, 1.54) is 23.4 Å². The van der Waals surface area contributed by atoms with Crippen molar-refractivity contribution >= 4 is 35.0 Å². The monoisotopic (exact) mass is 396 g/mol. The van der Waals surface area contributed by atoms with Crippen LogP contribution in [-0.4, -0.2) is 32.4 Å². The van der Waals surface area contributed by atoms with Crippen LogP contribution in [0.5, 0.6) is 0 Å². The Morgan fingerprint density at radius 2 is 1.68 bits per heavy atom. The molecular formula is C19H20N6O2S. The van der Waals surface area contributed by atoms with Gasteiger partial charge in [-0.25, -0.2) is 4.68 Å². The van der Waals surface area contributed by atoms with Crippen molar-refractivity contribution in [1.82, 2.24) is 14.9 Å². The van der Waals surface area contributed by atoms with E-state index in [0.717, 1.165) is 11.1 Å². The van der Waals surface area contributed by atoms with Gasteiger partial charge in [-0.2, -0.15) is 0 Å². The van der Waals surface area contributed by atoms with Crippen LogP contribution in [-0.2, 0) is 9.59 Å². The number of hydrogen-bond donors (Lipinski definition) is 3. The highest BCUT2D eigenvalue weighted by atomic mass is 32.2. The van der Waals surface area contributed by atoms with Gasteiger partial charge in [-0.3, -0.25) is 9.59 Å². The van der Waals surface area contributed by atoms with Crippen LogP contribution in [0, 0.1) is 6.92 Å². The Morgan fingerprint density at radius 1 is 1.04 bits per heavy atom. The van der Waals surface area contributed by atoms with Gasteiger partial charge in [0.05, 0.1) is 5.75 Å². The Labute approximate surface area is 166 Å². The highest BCUT2D eigenvalue weighted by molar-refractivity contribution is 7.99. The van der Waals surface area contributed by atoms with Gasteiger partial charge in [0.1, 0.15) is 0 Å². The molecule has 0 saturated heterocycles. The van der Waals surface area contributed by atoms with Crippen LogP contribution in [0.25, 0.3) is 11.4 Å². The molecule has 0 aliphatic carbocycles. The summed E-state index contributed by atoms with van der Waals surface area (Å²) < 4.78 is 1.39. The lowest BCUT2D eigenvalue weighted by atomic mass is 10.1. The van der Waals surface area contributed by atoms with E-state index in [-0.39, 0.29) is 17.6 Å². The smallest absolute Gasteiger partial charge is 0.234 e. The Morgan fingerprint density at radius 3 is 2.32 bits per heavy atom. The molecule has 0 aliphatic heterocycles. The first kappa shape index (κ1) is 19.4. The lowest BCUT2D eigenvalue weighted by Crippen LogP contribution is -2.16. The third-order valence-electron chi connectivity index (χ3n) is 3.87. The summed E-state index contributed by atoms with van der Waals surface area (Å²) in [6.07, 6.45) is 0. The number of nitrogens with one attached hydrogen (secondary N) is 2. The number of nitrogens with two attached hydrogens (primary N) is 1. The van der Waals surface area contributed by atoms with Gasteiger partial charge in [-0.05, 0) is 36.8 Å². The Kier molecular flexibility index (Phi) is 5.95. The van der Waals surface area contributed by atoms with Gasteiger partial charge in [0.15, 0.2) is 5.82 Å². The molecule has 2 aromatic carbocycles. The molecule has 1 heterocycles. The molecule has 0 saturated carbocycles. The van der Waals surface area contributed by atoms with Gasteiger partial charge >= 0.3 is 0 Å². The molecule has 0 aliphatic rings.